The third kappa shape index (κ3) is 5.33. The molecule has 0 radical (unpaired) electrons. The van der Waals surface area contributed by atoms with E-state index in [-0.39, 0.29) is 0 Å². The van der Waals surface area contributed by atoms with Gasteiger partial charge in [0.15, 0.2) is 17.5 Å². The van der Waals surface area contributed by atoms with Gasteiger partial charge in [0.1, 0.15) is 0 Å². The monoisotopic (exact) mass is 394 g/mol. The molecule has 0 saturated heterocycles. The molecule has 28 heavy (non-hydrogen) atoms. The van der Waals surface area contributed by atoms with Gasteiger partial charge in [-0.15, -0.1) is 0 Å². The third-order valence-electron chi connectivity index (χ3n) is 7.74. The van der Waals surface area contributed by atoms with E-state index >= 15 is 0 Å². The van der Waals surface area contributed by atoms with Crippen LogP contribution in [0.5, 0.6) is 0 Å². The lowest BCUT2D eigenvalue weighted by Gasteiger charge is -2.48. The summed E-state index contributed by atoms with van der Waals surface area (Å²) in [6, 6.07) is 2.40. The summed E-state index contributed by atoms with van der Waals surface area (Å²) in [6.45, 7) is 2.26. The summed E-state index contributed by atoms with van der Waals surface area (Å²) in [4.78, 5) is 0. The Morgan fingerprint density at radius 2 is 1.54 bits per heavy atom. The number of aryl methyl sites for hydroxylation is 1. The van der Waals surface area contributed by atoms with Gasteiger partial charge < -0.3 is 0 Å². The molecule has 0 aromatic heterocycles. The van der Waals surface area contributed by atoms with Crippen molar-refractivity contribution in [3.05, 3.63) is 35.1 Å². The van der Waals surface area contributed by atoms with Gasteiger partial charge in [0.05, 0.1) is 0 Å². The summed E-state index contributed by atoms with van der Waals surface area (Å²) < 4.78 is 40.6. The standard InChI is InChI=1S/C25H37F3/c1-2-3-5-8-19-11-14-25(15-12-19,21-9-6-4-7-10-21)16-13-20-17-22(26)24(28)23(27)18-20/h17-19,21H,2-16H2,1H3. The first-order valence-electron chi connectivity index (χ1n) is 11.7. The quantitative estimate of drug-likeness (QED) is 0.307. The molecule has 0 bridgehead atoms. The number of halogens is 3. The Morgan fingerprint density at radius 1 is 0.893 bits per heavy atom. The zero-order valence-electron chi connectivity index (χ0n) is 17.5. The molecular weight excluding hydrogens is 357 g/mol. The summed E-state index contributed by atoms with van der Waals surface area (Å²) in [7, 11) is 0. The fourth-order valence-electron chi connectivity index (χ4n) is 5.95. The zero-order chi connectivity index (χ0) is 20.0. The van der Waals surface area contributed by atoms with E-state index in [1.807, 2.05) is 0 Å². The SMILES string of the molecule is CCCCCC1CCC(CCc2cc(F)c(F)c(F)c2)(C2CCCCC2)CC1. The van der Waals surface area contributed by atoms with Crippen LogP contribution in [-0.2, 0) is 6.42 Å². The van der Waals surface area contributed by atoms with E-state index in [0.717, 1.165) is 18.3 Å². The van der Waals surface area contributed by atoms with Crippen molar-refractivity contribution in [1.82, 2.24) is 0 Å². The van der Waals surface area contributed by atoms with Crippen molar-refractivity contribution in [2.75, 3.05) is 0 Å². The smallest absolute Gasteiger partial charge is 0.194 e. The van der Waals surface area contributed by atoms with Gasteiger partial charge in [-0.3, -0.25) is 0 Å². The van der Waals surface area contributed by atoms with Crippen LogP contribution in [0, 0.1) is 34.7 Å². The first kappa shape index (κ1) is 21.7. The molecule has 0 heterocycles. The summed E-state index contributed by atoms with van der Waals surface area (Å²) >= 11 is 0. The molecule has 0 atom stereocenters. The van der Waals surface area contributed by atoms with Crippen LogP contribution in [-0.4, -0.2) is 0 Å². The van der Waals surface area contributed by atoms with Crippen LogP contribution in [0.15, 0.2) is 12.1 Å². The second-order valence-electron chi connectivity index (χ2n) is 9.51. The summed E-state index contributed by atoms with van der Waals surface area (Å²) in [6.07, 6.45) is 18.8. The zero-order valence-corrected chi connectivity index (χ0v) is 17.5. The van der Waals surface area contributed by atoms with E-state index in [9.17, 15) is 13.2 Å². The topological polar surface area (TPSA) is 0 Å². The van der Waals surface area contributed by atoms with Crippen molar-refractivity contribution < 1.29 is 13.2 Å². The van der Waals surface area contributed by atoms with Gasteiger partial charge >= 0.3 is 0 Å². The maximum absolute atomic E-state index is 13.6. The van der Waals surface area contributed by atoms with E-state index in [2.05, 4.69) is 6.92 Å². The average Bonchev–Trinajstić information content (AvgIpc) is 2.72. The summed E-state index contributed by atoms with van der Waals surface area (Å²) in [5.74, 6) is -1.84. The molecule has 0 spiro atoms. The maximum atomic E-state index is 13.6. The molecule has 3 rings (SSSR count). The van der Waals surface area contributed by atoms with Gasteiger partial charge in [0.2, 0.25) is 0 Å². The molecule has 1 aromatic rings. The Hall–Kier alpha value is -0.990. The molecule has 0 aliphatic heterocycles. The second-order valence-corrected chi connectivity index (χ2v) is 9.51. The van der Waals surface area contributed by atoms with E-state index in [1.165, 1.54) is 95.6 Å². The van der Waals surface area contributed by atoms with Gasteiger partial charge in [-0.05, 0) is 86.3 Å². The van der Waals surface area contributed by atoms with Gasteiger partial charge in [-0.2, -0.15) is 0 Å². The highest BCUT2D eigenvalue weighted by atomic mass is 19.2. The normalized spacial score (nSPS) is 26.5. The minimum absolute atomic E-state index is 0.322. The van der Waals surface area contributed by atoms with Gasteiger partial charge in [-0.1, -0.05) is 51.9 Å². The number of unbranched alkanes of at least 4 members (excludes halogenated alkanes) is 2. The largest absolute Gasteiger partial charge is 0.204 e. The van der Waals surface area contributed by atoms with Crippen molar-refractivity contribution in [1.29, 1.82) is 0 Å². The van der Waals surface area contributed by atoms with Crippen LogP contribution < -0.4 is 0 Å². The summed E-state index contributed by atoms with van der Waals surface area (Å²) in [5.41, 5.74) is 0.930. The maximum Gasteiger partial charge on any atom is 0.194 e. The Labute approximate surface area is 169 Å². The number of rotatable bonds is 8. The fourth-order valence-corrected chi connectivity index (χ4v) is 5.95. The number of benzene rings is 1. The predicted molar refractivity (Wildman–Crippen MR) is 110 cm³/mol. The minimum atomic E-state index is -1.35. The second kappa shape index (κ2) is 10.2. The minimum Gasteiger partial charge on any atom is -0.204 e. The van der Waals surface area contributed by atoms with Crippen LogP contribution in [0.1, 0.15) is 102 Å². The van der Waals surface area contributed by atoms with Crippen molar-refractivity contribution in [2.45, 2.75) is 103 Å². The van der Waals surface area contributed by atoms with Crippen molar-refractivity contribution in [3.63, 3.8) is 0 Å². The molecule has 2 fully saturated rings. The Bertz CT molecular complexity index is 587. The van der Waals surface area contributed by atoms with E-state index in [0.29, 0.717) is 17.4 Å². The van der Waals surface area contributed by atoms with E-state index in [4.69, 9.17) is 0 Å². The highest BCUT2D eigenvalue weighted by Gasteiger charge is 2.41. The number of hydrogen-bond donors (Lipinski definition) is 0. The molecule has 3 heteroatoms. The molecule has 0 N–H and O–H groups in total. The van der Waals surface area contributed by atoms with Crippen LogP contribution in [0.2, 0.25) is 0 Å². The first-order valence-corrected chi connectivity index (χ1v) is 11.7. The molecule has 2 saturated carbocycles. The van der Waals surface area contributed by atoms with Crippen molar-refractivity contribution in [3.8, 4) is 0 Å². The Balaban J connectivity index is 1.66. The van der Waals surface area contributed by atoms with Crippen molar-refractivity contribution >= 4 is 0 Å². The molecule has 1 aromatic carbocycles. The Morgan fingerprint density at radius 3 is 2.14 bits per heavy atom. The van der Waals surface area contributed by atoms with Crippen molar-refractivity contribution in [2.24, 2.45) is 17.3 Å². The molecule has 0 nitrogen and oxygen atoms in total. The van der Waals surface area contributed by atoms with Crippen LogP contribution in [0.4, 0.5) is 13.2 Å². The lowest BCUT2D eigenvalue weighted by atomic mass is 9.58. The lowest BCUT2D eigenvalue weighted by molar-refractivity contribution is 0.0378. The van der Waals surface area contributed by atoms with Crippen LogP contribution in [0.3, 0.4) is 0 Å². The van der Waals surface area contributed by atoms with E-state index < -0.39 is 17.5 Å². The van der Waals surface area contributed by atoms with Gasteiger partial charge in [0.25, 0.3) is 0 Å². The summed E-state index contributed by atoms with van der Waals surface area (Å²) in [5, 5.41) is 0. The average molecular weight is 395 g/mol. The van der Waals surface area contributed by atoms with Gasteiger partial charge in [0, 0.05) is 0 Å². The highest BCUT2D eigenvalue weighted by Crippen LogP contribution is 2.52. The predicted octanol–water partition coefficient (Wildman–Crippen LogP) is 8.37. The fraction of sp³-hybridized carbons (Fsp3) is 0.760. The number of hydrogen-bond acceptors (Lipinski definition) is 0. The molecule has 0 unspecified atom stereocenters. The lowest BCUT2D eigenvalue weighted by Crippen LogP contribution is -2.37. The van der Waals surface area contributed by atoms with Gasteiger partial charge in [-0.25, -0.2) is 13.2 Å². The third-order valence-corrected chi connectivity index (χ3v) is 7.74. The van der Waals surface area contributed by atoms with Crippen LogP contribution in [0.25, 0.3) is 0 Å². The molecule has 0 amide bonds. The molecule has 158 valence electrons. The first-order chi connectivity index (χ1) is 13.5. The highest BCUT2D eigenvalue weighted by molar-refractivity contribution is 5.20. The molecular formula is C25H37F3. The Kier molecular flexibility index (Phi) is 7.88. The van der Waals surface area contributed by atoms with E-state index in [1.54, 1.807) is 0 Å². The molecule has 2 aliphatic carbocycles. The molecule has 2 aliphatic rings. The van der Waals surface area contributed by atoms with Crippen LogP contribution >= 0.6 is 0 Å².